The third-order valence-electron chi connectivity index (χ3n) is 2.08. The number of carbonyl (C=O) groups excluding carboxylic acids is 1. The van der Waals surface area contributed by atoms with Gasteiger partial charge < -0.3 is 11.1 Å². The van der Waals surface area contributed by atoms with E-state index in [-0.39, 0.29) is 17.2 Å². The van der Waals surface area contributed by atoms with Gasteiger partial charge >= 0.3 is 0 Å². The van der Waals surface area contributed by atoms with E-state index >= 15 is 0 Å². The van der Waals surface area contributed by atoms with E-state index in [1.807, 2.05) is 0 Å². The Kier molecular flexibility index (Phi) is 3.52. The first-order valence-corrected chi connectivity index (χ1v) is 5.69. The van der Waals surface area contributed by atoms with Crippen LogP contribution in [-0.4, -0.2) is 15.9 Å². The molecule has 0 aliphatic carbocycles. The molecule has 0 saturated carbocycles. The monoisotopic (exact) mass is 310 g/mol. The minimum Gasteiger partial charge on any atom is -0.382 e. The van der Waals surface area contributed by atoms with Crippen molar-refractivity contribution in [2.24, 2.45) is 0 Å². The van der Waals surface area contributed by atoms with Gasteiger partial charge in [0.15, 0.2) is 0 Å². The largest absolute Gasteiger partial charge is 0.382 e. The number of hydrogen-bond acceptors (Lipinski definition) is 4. The summed E-state index contributed by atoms with van der Waals surface area (Å²) in [6.07, 6.45) is 2.48. The van der Waals surface area contributed by atoms with Crippen LogP contribution in [0.15, 0.2) is 35.1 Å². The molecule has 3 N–H and O–H groups in total. The van der Waals surface area contributed by atoms with Crippen molar-refractivity contribution in [1.29, 1.82) is 0 Å². The van der Waals surface area contributed by atoms with Gasteiger partial charge in [-0.1, -0.05) is 15.9 Å². The molecule has 1 heterocycles. The van der Waals surface area contributed by atoms with E-state index in [2.05, 4.69) is 31.2 Å². The van der Waals surface area contributed by atoms with E-state index < -0.39 is 11.7 Å². The molecule has 1 amide bonds. The highest BCUT2D eigenvalue weighted by Gasteiger charge is 2.11. The van der Waals surface area contributed by atoms with Crippen molar-refractivity contribution in [3.05, 3.63) is 46.6 Å². The van der Waals surface area contributed by atoms with Crippen LogP contribution in [0, 0.1) is 5.82 Å². The maximum absolute atomic E-state index is 13.4. The summed E-state index contributed by atoms with van der Waals surface area (Å²) in [6.45, 7) is 0. The average molecular weight is 311 g/mol. The summed E-state index contributed by atoms with van der Waals surface area (Å²) in [5.41, 5.74) is 5.47. The van der Waals surface area contributed by atoms with E-state index in [9.17, 15) is 9.18 Å². The number of carbonyl (C=O) groups is 1. The SMILES string of the molecule is Nc1cnc(C(=O)Nc2cc(Br)ccc2F)cn1. The standard InChI is InChI=1S/C11H8BrFN4O/c12-6-1-2-7(13)8(3-6)17-11(18)9-4-16-10(14)5-15-9/h1-5H,(H2,14,16)(H,17,18). The van der Waals surface area contributed by atoms with Crippen molar-refractivity contribution >= 4 is 33.3 Å². The summed E-state index contributed by atoms with van der Waals surface area (Å²) in [7, 11) is 0. The summed E-state index contributed by atoms with van der Waals surface area (Å²) in [5.74, 6) is -0.880. The number of nitrogen functional groups attached to an aromatic ring is 1. The number of nitrogens with one attached hydrogen (secondary N) is 1. The summed E-state index contributed by atoms with van der Waals surface area (Å²) in [4.78, 5) is 19.3. The molecule has 2 rings (SSSR count). The number of hydrogen-bond donors (Lipinski definition) is 2. The maximum Gasteiger partial charge on any atom is 0.275 e. The molecule has 0 fully saturated rings. The second-order valence-electron chi connectivity index (χ2n) is 3.40. The quantitative estimate of drug-likeness (QED) is 0.891. The van der Waals surface area contributed by atoms with Gasteiger partial charge in [-0.2, -0.15) is 0 Å². The van der Waals surface area contributed by atoms with Crippen LogP contribution in [0.25, 0.3) is 0 Å². The van der Waals surface area contributed by atoms with Crippen molar-refractivity contribution in [2.75, 3.05) is 11.1 Å². The second-order valence-corrected chi connectivity index (χ2v) is 4.32. The van der Waals surface area contributed by atoms with Gasteiger partial charge in [-0.25, -0.2) is 14.4 Å². The Morgan fingerprint density at radius 3 is 2.78 bits per heavy atom. The van der Waals surface area contributed by atoms with Crippen LogP contribution in [0.1, 0.15) is 10.5 Å². The molecule has 0 spiro atoms. The van der Waals surface area contributed by atoms with Gasteiger partial charge in [0.1, 0.15) is 17.3 Å². The van der Waals surface area contributed by atoms with Crippen LogP contribution in [0.3, 0.4) is 0 Å². The van der Waals surface area contributed by atoms with E-state index in [0.29, 0.717) is 4.47 Å². The van der Waals surface area contributed by atoms with Gasteiger partial charge in [0.05, 0.1) is 18.1 Å². The molecule has 5 nitrogen and oxygen atoms in total. The molecule has 0 aliphatic heterocycles. The van der Waals surface area contributed by atoms with Crippen LogP contribution >= 0.6 is 15.9 Å². The molecule has 1 aromatic carbocycles. The summed E-state index contributed by atoms with van der Waals surface area (Å²) < 4.78 is 14.1. The second kappa shape index (κ2) is 5.09. The molecule has 0 radical (unpaired) electrons. The van der Waals surface area contributed by atoms with Crippen molar-refractivity contribution in [2.45, 2.75) is 0 Å². The van der Waals surface area contributed by atoms with Gasteiger partial charge in [-0.15, -0.1) is 0 Å². The molecular formula is C11H8BrFN4O. The number of aromatic nitrogens is 2. The zero-order valence-electron chi connectivity index (χ0n) is 9.02. The molecule has 7 heteroatoms. The van der Waals surface area contributed by atoms with Crippen LogP contribution in [0.4, 0.5) is 15.9 Å². The molecule has 0 unspecified atom stereocenters. The Labute approximate surface area is 110 Å². The fourth-order valence-electron chi connectivity index (χ4n) is 1.23. The van der Waals surface area contributed by atoms with Gasteiger partial charge in [-0.3, -0.25) is 4.79 Å². The number of rotatable bonds is 2. The molecule has 0 bridgehead atoms. The molecule has 0 saturated heterocycles. The Morgan fingerprint density at radius 2 is 2.11 bits per heavy atom. The third-order valence-corrected chi connectivity index (χ3v) is 2.57. The Bertz CT molecular complexity index is 588. The van der Waals surface area contributed by atoms with Gasteiger partial charge in [0.2, 0.25) is 0 Å². The van der Waals surface area contributed by atoms with Gasteiger partial charge in [-0.05, 0) is 18.2 Å². The lowest BCUT2D eigenvalue weighted by molar-refractivity contribution is 0.102. The van der Waals surface area contributed by atoms with E-state index in [1.54, 1.807) is 0 Å². The fourth-order valence-corrected chi connectivity index (χ4v) is 1.60. The Hall–Kier alpha value is -2.02. The smallest absolute Gasteiger partial charge is 0.275 e. The zero-order chi connectivity index (χ0) is 13.1. The molecular weight excluding hydrogens is 303 g/mol. The normalized spacial score (nSPS) is 10.1. The van der Waals surface area contributed by atoms with Crippen LogP contribution in [0.2, 0.25) is 0 Å². The molecule has 18 heavy (non-hydrogen) atoms. The van der Waals surface area contributed by atoms with Crippen molar-refractivity contribution < 1.29 is 9.18 Å². The number of nitrogens with zero attached hydrogens (tertiary/aromatic N) is 2. The highest BCUT2D eigenvalue weighted by atomic mass is 79.9. The minimum atomic E-state index is -0.556. The van der Waals surface area contributed by atoms with Crippen molar-refractivity contribution in [3.8, 4) is 0 Å². The number of benzene rings is 1. The predicted molar refractivity (Wildman–Crippen MR) is 68.5 cm³/mol. The van der Waals surface area contributed by atoms with E-state index in [4.69, 9.17) is 5.73 Å². The zero-order valence-corrected chi connectivity index (χ0v) is 10.6. The van der Waals surface area contributed by atoms with Crippen LogP contribution in [-0.2, 0) is 0 Å². The van der Waals surface area contributed by atoms with Crippen molar-refractivity contribution in [1.82, 2.24) is 9.97 Å². The molecule has 1 aromatic heterocycles. The lowest BCUT2D eigenvalue weighted by Gasteiger charge is -2.06. The number of nitrogens with two attached hydrogens (primary N) is 1. The minimum absolute atomic E-state index is 0.0589. The fraction of sp³-hybridized carbons (Fsp3) is 0. The summed E-state index contributed by atoms with van der Waals surface area (Å²) in [5, 5.41) is 2.40. The lowest BCUT2D eigenvalue weighted by Crippen LogP contribution is -2.15. The highest BCUT2D eigenvalue weighted by Crippen LogP contribution is 2.20. The van der Waals surface area contributed by atoms with E-state index in [0.717, 1.165) is 0 Å². The lowest BCUT2D eigenvalue weighted by atomic mass is 10.3. The Balaban J connectivity index is 2.21. The highest BCUT2D eigenvalue weighted by molar-refractivity contribution is 9.10. The molecule has 0 atom stereocenters. The summed E-state index contributed by atoms with van der Waals surface area (Å²) in [6, 6.07) is 4.24. The Morgan fingerprint density at radius 1 is 1.33 bits per heavy atom. The molecule has 0 aliphatic rings. The van der Waals surface area contributed by atoms with Crippen molar-refractivity contribution in [3.63, 3.8) is 0 Å². The number of amides is 1. The first-order chi connectivity index (χ1) is 8.56. The first kappa shape index (κ1) is 12.4. The molecule has 92 valence electrons. The maximum atomic E-state index is 13.4. The van der Waals surface area contributed by atoms with E-state index in [1.165, 1.54) is 30.6 Å². The third kappa shape index (κ3) is 2.80. The predicted octanol–water partition coefficient (Wildman–Crippen LogP) is 2.21. The topological polar surface area (TPSA) is 80.9 Å². The average Bonchev–Trinajstić information content (AvgIpc) is 2.34. The number of halogens is 2. The summed E-state index contributed by atoms with van der Waals surface area (Å²) >= 11 is 3.19. The van der Waals surface area contributed by atoms with Gasteiger partial charge in [0, 0.05) is 4.47 Å². The van der Waals surface area contributed by atoms with Crippen LogP contribution < -0.4 is 11.1 Å². The molecule has 2 aromatic rings. The van der Waals surface area contributed by atoms with Crippen LogP contribution in [0.5, 0.6) is 0 Å². The van der Waals surface area contributed by atoms with Gasteiger partial charge in [0.25, 0.3) is 5.91 Å². The number of anilines is 2. The first-order valence-electron chi connectivity index (χ1n) is 4.90.